The Hall–Kier alpha value is -6.80. The molecule has 9 rings (SSSR count). The summed E-state index contributed by atoms with van der Waals surface area (Å²) < 4.78 is 5.62. The number of nitrogens with zero attached hydrogens (tertiary/aromatic N) is 5. The second kappa shape index (κ2) is 18.1. The van der Waals surface area contributed by atoms with Crippen LogP contribution in [0.2, 0.25) is 0 Å². The van der Waals surface area contributed by atoms with E-state index in [1.54, 1.807) is 11.1 Å². The third-order valence-electron chi connectivity index (χ3n) is 13.1. The van der Waals surface area contributed by atoms with Crippen LogP contribution in [0.4, 0.5) is 4.79 Å². The zero-order valence-corrected chi connectivity index (χ0v) is 36.4. The first-order chi connectivity index (χ1) is 31.0. The minimum atomic E-state index is -1.12. The van der Waals surface area contributed by atoms with Gasteiger partial charge in [-0.05, 0) is 89.6 Å². The standard InChI is InChI=1S/C50H54N8O6/c1-30(2)44(56(3)50(62)63)49(61)58-24-8-13-41(58)46-52-29-39(54-46)37-22-21-35-26-34(19-20-36(35)27-37)31-15-17-32(18-16-31)38-28-51-45(53-38)40-12-7-23-57(40)48(60)43(33-10-5-4-6-11-33)55-47(59)42-14-9-25-64-42/h4-6,10-11,15-22,26-30,40-44H,7-9,12-14,23-25H2,1-3H3,(H,51,53)(H,52,54)(H,55,59)(H,62,63)/t40-,41-,42+,43+,44-/m0/s1. The Labute approximate surface area is 372 Å². The van der Waals surface area contributed by atoms with Gasteiger partial charge in [-0.1, -0.05) is 92.7 Å². The van der Waals surface area contributed by atoms with E-state index in [1.807, 2.05) is 55.3 Å². The Balaban J connectivity index is 0.871. The molecule has 4 N–H and O–H groups in total. The summed E-state index contributed by atoms with van der Waals surface area (Å²) in [6, 6.07) is 28.4. The van der Waals surface area contributed by atoms with Crippen molar-refractivity contribution in [2.75, 3.05) is 26.7 Å². The number of likely N-dealkylation sites (tertiary alicyclic amines) is 2. The van der Waals surface area contributed by atoms with Crippen LogP contribution in [0.15, 0.2) is 103 Å². The van der Waals surface area contributed by atoms with Crippen LogP contribution in [0.1, 0.15) is 87.7 Å². The average molecular weight is 863 g/mol. The normalized spacial score (nSPS) is 19.6. The van der Waals surface area contributed by atoms with E-state index in [1.165, 1.54) is 7.05 Å². The predicted octanol–water partition coefficient (Wildman–Crippen LogP) is 8.28. The van der Waals surface area contributed by atoms with Crippen molar-refractivity contribution in [3.8, 4) is 33.6 Å². The highest BCUT2D eigenvalue weighted by molar-refractivity contribution is 5.92. The molecule has 0 bridgehead atoms. The molecule has 0 unspecified atom stereocenters. The Bertz CT molecular complexity index is 2650. The first kappa shape index (κ1) is 42.5. The van der Waals surface area contributed by atoms with Crippen molar-refractivity contribution < 1.29 is 29.0 Å². The van der Waals surface area contributed by atoms with Gasteiger partial charge in [0.25, 0.3) is 0 Å². The van der Waals surface area contributed by atoms with Gasteiger partial charge in [-0.3, -0.25) is 19.3 Å². The quantitative estimate of drug-likeness (QED) is 0.0950. The largest absolute Gasteiger partial charge is 0.465 e. The van der Waals surface area contributed by atoms with Gasteiger partial charge in [-0.25, -0.2) is 14.8 Å². The number of carbonyl (C=O) groups excluding carboxylic acids is 3. The molecular weight excluding hydrogens is 809 g/mol. The first-order valence-corrected chi connectivity index (χ1v) is 22.3. The smallest absolute Gasteiger partial charge is 0.407 e. The minimum Gasteiger partial charge on any atom is -0.465 e. The van der Waals surface area contributed by atoms with E-state index in [-0.39, 0.29) is 35.7 Å². The highest BCUT2D eigenvalue weighted by atomic mass is 16.5. The maximum Gasteiger partial charge on any atom is 0.407 e. The number of imidazole rings is 2. The van der Waals surface area contributed by atoms with Crippen LogP contribution in [-0.4, -0.2) is 102 Å². The summed E-state index contributed by atoms with van der Waals surface area (Å²) in [5.41, 5.74) is 6.55. The third-order valence-corrected chi connectivity index (χ3v) is 13.1. The molecule has 6 aromatic rings. The molecule has 14 heteroatoms. The number of benzene rings is 4. The number of carboxylic acid groups (broad SMARTS) is 1. The molecule has 3 aliphatic rings. The van der Waals surface area contributed by atoms with Crippen LogP contribution in [0, 0.1) is 5.92 Å². The Kier molecular flexibility index (Phi) is 12.0. The average Bonchev–Trinajstić information content (AvgIpc) is 4.17. The van der Waals surface area contributed by atoms with Crippen LogP contribution in [0.25, 0.3) is 44.4 Å². The summed E-state index contributed by atoms with van der Waals surface area (Å²) >= 11 is 0. The molecule has 3 aliphatic heterocycles. The number of carbonyl (C=O) groups is 4. The zero-order chi connectivity index (χ0) is 44.5. The van der Waals surface area contributed by atoms with Crippen molar-refractivity contribution in [3.63, 3.8) is 0 Å². The molecule has 5 heterocycles. The molecule has 64 heavy (non-hydrogen) atoms. The lowest BCUT2D eigenvalue weighted by atomic mass is 9.98. The minimum absolute atomic E-state index is 0.157. The molecule has 4 amide bonds. The number of amides is 4. The summed E-state index contributed by atoms with van der Waals surface area (Å²) in [6.45, 7) is 5.41. The molecule has 0 spiro atoms. The zero-order valence-electron chi connectivity index (χ0n) is 36.4. The van der Waals surface area contributed by atoms with Crippen molar-refractivity contribution in [2.45, 2.75) is 82.6 Å². The van der Waals surface area contributed by atoms with Gasteiger partial charge in [-0.15, -0.1) is 0 Å². The van der Waals surface area contributed by atoms with Crippen molar-refractivity contribution in [1.82, 2.24) is 40.0 Å². The van der Waals surface area contributed by atoms with Crippen LogP contribution < -0.4 is 5.32 Å². The number of hydrogen-bond acceptors (Lipinski definition) is 7. The maximum atomic E-state index is 14.2. The van der Waals surface area contributed by atoms with E-state index < -0.39 is 24.3 Å². The molecule has 2 aromatic heterocycles. The number of ether oxygens (including phenoxy) is 1. The van der Waals surface area contributed by atoms with Gasteiger partial charge >= 0.3 is 6.09 Å². The molecule has 14 nitrogen and oxygen atoms in total. The number of nitrogens with one attached hydrogen (secondary N) is 3. The summed E-state index contributed by atoms with van der Waals surface area (Å²) in [6.07, 6.45) is 6.61. The van der Waals surface area contributed by atoms with E-state index in [4.69, 9.17) is 14.7 Å². The number of aromatic amines is 2. The summed E-state index contributed by atoms with van der Waals surface area (Å²) in [5.74, 6) is 0.638. The molecular formula is C50H54N8O6. The number of H-pyrrole nitrogens is 2. The van der Waals surface area contributed by atoms with Crippen LogP contribution in [-0.2, 0) is 19.1 Å². The second-order valence-corrected chi connectivity index (χ2v) is 17.5. The number of fused-ring (bicyclic) bond motifs is 1. The van der Waals surface area contributed by atoms with Gasteiger partial charge in [-0.2, -0.15) is 0 Å². The highest BCUT2D eigenvalue weighted by Gasteiger charge is 2.40. The van der Waals surface area contributed by atoms with Crippen molar-refractivity contribution >= 4 is 34.6 Å². The molecule has 0 saturated carbocycles. The Morgan fingerprint density at radius 2 is 1.28 bits per heavy atom. The van der Waals surface area contributed by atoms with Gasteiger partial charge < -0.3 is 34.9 Å². The van der Waals surface area contributed by atoms with Gasteiger partial charge in [0, 0.05) is 32.3 Å². The van der Waals surface area contributed by atoms with Crippen molar-refractivity contribution in [1.29, 1.82) is 0 Å². The van der Waals surface area contributed by atoms with Crippen molar-refractivity contribution in [3.05, 3.63) is 121 Å². The molecule has 330 valence electrons. The van der Waals surface area contributed by atoms with Gasteiger partial charge in [0.1, 0.15) is 29.8 Å². The first-order valence-electron chi connectivity index (χ1n) is 22.3. The Morgan fingerprint density at radius 1 is 0.719 bits per heavy atom. The fraction of sp³-hybridized carbons (Fsp3) is 0.360. The highest BCUT2D eigenvalue weighted by Crippen LogP contribution is 2.37. The van der Waals surface area contributed by atoms with Crippen LogP contribution in [0.3, 0.4) is 0 Å². The van der Waals surface area contributed by atoms with Gasteiger partial charge in [0.05, 0.1) is 35.9 Å². The molecule has 4 aromatic carbocycles. The molecule has 3 saturated heterocycles. The molecule has 0 radical (unpaired) electrons. The van der Waals surface area contributed by atoms with Crippen LogP contribution >= 0.6 is 0 Å². The molecule has 3 fully saturated rings. The second-order valence-electron chi connectivity index (χ2n) is 17.5. The number of aromatic nitrogens is 4. The monoisotopic (exact) mass is 862 g/mol. The fourth-order valence-corrected chi connectivity index (χ4v) is 9.68. The lowest BCUT2D eigenvalue weighted by Crippen LogP contribution is -2.51. The van der Waals surface area contributed by atoms with E-state index in [0.717, 1.165) is 92.8 Å². The lowest BCUT2D eigenvalue weighted by Gasteiger charge is -2.33. The topological polar surface area (TPSA) is 177 Å². The molecule has 0 aliphatic carbocycles. The van der Waals surface area contributed by atoms with E-state index in [9.17, 15) is 24.3 Å². The lowest BCUT2D eigenvalue weighted by molar-refractivity contribution is -0.140. The van der Waals surface area contributed by atoms with E-state index in [0.29, 0.717) is 31.9 Å². The maximum absolute atomic E-state index is 14.2. The number of hydrogen-bond donors (Lipinski definition) is 4. The molecule has 5 atom stereocenters. The van der Waals surface area contributed by atoms with E-state index in [2.05, 4.69) is 75.9 Å². The summed E-state index contributed by atoms with van der Waals surface area (Å²) in [4.78, 5) is 74.0. The number of likely N-dealkylation sites (N-methyl/N-ethyl adjacent to an activating group) is 1. The Morgan fingerprint density at radius 3 is 1.88 bits per heavy atom. The van der Waals surface area contributed by atoms with Crippen molar-refractivity contribution in [2.24, 2.45) is 5.92 Å². The van der Waals surface area contributed by atoms with E-state index >= 15 is 0 Å². The summed E-state index contributed by atoms with van der Waals surface area (Å²) in [7, 11) is 1.45. The van der Waals surface area contributed by atoms with Crippen LogP contribution in [0.5, 0.6) is 0 Å². The fourth-order valence-electron chi connectivity index (χ4n) is 9.68. The SMILES string of the molecule is CC(C)[C@@H](C(=O)N1CCC[C@H]1c1ncc(-c2ccc3cc(-c4ccc(-c5cnc([C@@H]6CCCN6C(=O)[C@H](NC(=O)[C@H]6CCCO6)c6ccccc6)[nH]5)cc4)ccc3c2)[nH]1)N(C)C(=O)O. The third kappa shape index (κ3) is 8.49. The summed E-state index contributed by atoms with van der Waals surface area (Å²) in [5, 5.41) is 14.8. The van der Waals surface area contributed by atoms with Gasteiger partial charge in [0.15, 0.2) is 0 Å². The van der Waals surface area contributed by atoms with Gasteiger partial charge in [0.2, 0.25) is 17.7 Å². The predicted molar refractivity (Wildman–Crippen MR) is 243 cm³/mol. The number of rotatable bonds is 12.